The molecule has 0 radical (unpaired) electrons. The summed E-state index contributed by atoms with van der Waals surface area (Å²) in [6, 6.07) is 0. The monoisotopic (exact) mass is 310 g/mol. The molecular formula is C20H38O2. The molecule has 1 heterocycles. The van der Waals surface area contributed by atoms with E-state index in [1.165, 1.54) is 57.8 Å². The van der Waals surface area contributed by atoms with Crippen molar-refractivity contribution < 1.29 is 9.47 Å². The maximum Gasteiger partial charge on any atom is 0.163 e. The van der Waals surface area contributed by atoms with Crippen LogP contribution in [0.15, 0.2) is 12.2 Å². The average molecular weight is 311 g/mol. The summed E-state index contributed by atoms with van der Waals surface area (Å²) in [4.78, 5) is 0. The second-order valence-corrected chi connectivity index (χ2v) is 7.12. The minimum Gasteiger partial charge on any atom is -0.345 e. The van der Waals surface area contributed by atoms with Crippen molar-refractivity contribution in [2.45, 2.75) is 116 Å². The van der Waals surface area contributed by atoms with Crippen LogP contribution in [0.4, 0.5) is 0 Å². The summed E-state index contributed by atoms with van der Waals surface area (Å²) >= 11 is 0. The minimum absolute atomic E-state index is 0.239. The van der Waals surface area contributed by atoms with Gasteiger partial charge in [-0.25, -0.2) is 0 Å². The Bertz CT molecular complexity index is 296. The topological polar surface area (TPSA) is 18.5 Å². The average Bonchev–Trinajstić information content (AvgIpc) is 2.76. The third-order valence-corrected chi connectivity index (χ3v) is 4.39. The molecule has 2 heteroatoms. The van der Waals surface area contributed by atoms with E-state index < -0.39 is 5.79 Å². The van der Waals surface area contributed by atoms with Crippen LogP contribution < -0.4 is 0 Å². The number of allylic oxidation sites excluding steroid dienone is 1. The fourth-order valence-corrected chi connectivity index (χ4v) is 3.16. The molecule has 0 spiro atoms. The lowest BCUT2D eigenvalue weighted by molar-refractivity contribution is -0.146. The van der Waals surface area contributed by atoms with Crippen molar-refractivity contribution in [3.63, 3.8) is 0 Å². The molecule has 2 atom stereocenters. The Hall–Kier alpha value is -0.340. The molecule has 1 rings (SSSR count). The Morgan fingerprint density at radius 2 is 1.41 bits per heavy atom. The second-order valence-electron chi connectivity index (χ2n) is 7.12. The van der Waals surface area contributed by atoms with E-state index in [-0.39, 0.29) is 12.2 Å². The Balaban J connectivity index is 2.22. The normalized spacial score (nSPS) is 24.4. The summed E-state index contributed by atoms with van der Waals surface area (Å²) in [7, 11) is 0. The van der Waals surface area contributed by atoms with Gasteiger partial charge >= 0.3 is 0 Å². The van der Waals surface area contributed by atoms with E-state index in [2.05, 4.69) is 26.0 Å². The van der Waals surface area contributed by atoms with Gasteiger partial charge in [0.15, 0.2) is 5.79 Å². The Kier molecular flexibility index (Phi) is 10.1. The number of ether oxygens (including phenoxy) is 2. The molecule has 0 saturated carbocycles. The Labute approximate surface area is 138 Å². The molecule has 2 unspecified atom stereocenters. The summed E-state index contributed by atoms with van der Waals surface area (Å²) in [5.74, 6) is -0.407. The van der Waals surface area contributed by atoms with Gasteiger partial charge in [-0.2, -0.15) is 0 Å². The van der Waals surface area contributed by atoms with Crippen molar-refractivity contribution in [1.29, 1.82) is 0 Å². The van der Waals surface area contributed by atoms with Crippen LogP contribution in [0.2, 0.25) is 0 Å². The van der Waals surface area contributed by atoms with Crippen molar-refractivity contribution in [3.05, 3.63) is 12.2 Å². The van der Waals surface area contributed by atoms with Crippen LogP contribution in [0, 0.1) is 0 Å². The minimum atomic E-state index is -0.407. The fourth-order valence-electron chi connectivity index (χ4n) is 3.16. The van der Waals surface area contributed by atoms with Crippen molar-refractivity contribution in [2.75, 3.05) is 0 Å². The molecular weight excluding hydrogens is 272 g/mol. The van der Waals surface area contributed by atoms with E-state index in [0.717, 1.165) is 12.8 Å². The van der Waals surface area contributed by atoms with Crippen LogP contribution in [0.5, 0.6) is 0 Å². The maximum absolute atomic E-state index is 6.08. The molecule has 0 aliphatic carbocycles. The number of hydrogen-bond donors (Lipinski definition) is 0. The fraction of sp³-hybridized carbons (Fsp3) is 0.900. The molecule has 0 N–H and O–H groups in total. The van der Waals surface area contributed by atoms with Gasteiger partial charge in [0.25, 0.3) is 0 Å². The van der Waals surface area contributed by atoms with Gasteiger partial charge in [0.05, 0.1) is 12.2 Å². The molecule has 1 aliphatic rings. The van der Waals surface area contributed by atoms with E-state index >= 15 is 0 Å². The van der Waals surface area contributed by atoms with E-state index in [9.17, 15) is 0 Å². The molecule has 0 aromatic carbocycles. The lowest BCUT2D eigenvalue weighted by Gasteiger charge is -2.16. The van der Waals surface area contributed by atoms with Crippen LogP contribution in [0.3, 0.4) is 0 Å². The lowest BCUT2D eigenvalue weighted by atomic mass is 10.0. The van der Waals surface area contributed by atoms with Gasteiger partial charge in [-0.1, -0.05) is 70.9 Å². The highest BCUT2D eigenvalue weighted by molar-refractivity contribution is 4.90. The molecule has 0 amide bonds. The van der Waals surface area contributed by atoms with Crippen molar-refractivity contribution in [3.8, 4) is 0 Å². The van der Waals surface area contributed by atoms with Gasteiger partial charge in [0.2, 0.25) is 0 Å². The standard InChI is InChI=1S/C20H38O2/c1-5-7-9-10-11-12-13-15-17-19-18(16-14-8-6-2)21-20(3,4)22-19/h13,15,18-19H,5-12,14,16-17H2,1-4H3. The molecule has 22 heavy (non-hydrogen) atoms. The first-order chi connectivity index (χ1) is 10.6. The molecule has 0 aromatic rings. The summed E-state index contributed by atoms with van der Waals surface area (Å²) in [5, 5.41) is 0. The maximum atomic E-state index is 6.08. The van der Waals surface area contributed by atoms with E-state index in [1.54, 1.807) is 0 Å². The highest BCUT2D eigenvalue weighted by atomic mass is 16.7. The van der Waals surface area contributed by atoms with Crippen molar-refractivity contribution in [2.24, 2.45) is 0 Å². The third kappa shape index (κ3) is 8.33. The van der Waals surface area contributed by atoms with Crippen LogP contribution in [0.1, 0.15) is 98.3 Å². The molecule has 130 valence electrons. The number of unbranched alkanes of at least 4 members (excludes halogenated alkanes) is 7. The van der Waals surface area contributed by atoms with Crippen molar-refractivity contribution >= 4 is 0 Å². The first-order valence-electron chi connectivity index (χ1n) is 9.59. The summed E-state index contributed by atoms with van der Waals surface area (Å²) in [5.41, 5.74) is 0. The largest absolute Gasteiger partial charge is 0.345 e. The Morgan fingerprint density at radius 1 is 0.773 bits per heavy atom. The number of rotatable bonds is 12. The Morgan fingerprint density at radius 3 is 2.14 bits per heavy atom. The first-order valence-corrected chi connectivity index (χ1v) is 9.59. The van der Waals surface area contributed by atoms with E-state index in [1.807, 2.05) is 13.8 Å². The zero-order valence-electron chi connectivity index (χ0n) is 15.4. The molecule has 1 fully saturated rings. The second kappa shape index (κ2) is 11.2. The first kappa shape index (κ1) is 19.7. The predicted molar refractivity (Wildman–Crippen MR) is 95.1 cm³/mol. The summed E-state index contributed by atoms with van der Waals surface area (Å²) in [6.45, 7) is 8.59. The molecule has 0 bridgehead atoms. The van der Waals surface area contributed by atoms with Gasteiger partial charge in [-0.15, -0.1) is 0 Å². The van der Waals surface area contributed by atoms with Crippen molar-refractivity contribution in [1.82, 2.24) is 0 Å². The predicted octanol–water partition coefficient (Wildman–Crippen LogP) is 6.39. The highest BCUT2D eigenvalue weighted by Crippen LogP contribution is 2.32. The highest BCUT2D eigenvalue weighted by Gasteiger charge is 2.39. The van der Waals surface area contributed by atoms with Gasteiger partial charge in [-0.3, -0.25) is 0 Å². The van der Waals surface area contributed by atoms with Gasteiger partial charge in [0.1, 0.15) is 0 Å². The lowest BCUT2D eigenvalue weighted by Crippen LogP contribution is -2.21. The van der Waals surface area contributed by atoms with E-state index in [4.69, 9.17) is 9.47 Å². The summed E-state index contributed by atoms with van der Waals surface area (Å²) < 4.78 is 12.2. The quantitative estimate of drug-likeness (QED) is 0.307. The smallest absolute Gasteiger partial charge is 0.163 e. The van der Waals surface area contributed by atoms with Crippen LogP contribution in [-0.4, -0.2) is 18.0 Å². The zero-order valence-corrected chi connectivity index (χ0v) is 15.4. The molecule has 1 aliphatic heterocycles. The molecule has 0 aromatic heterocycles. The van der Waals surface area contributed by atoms with E-state index in [0.29, 0.717) is 0 Å². The molecule has 1 saturated heterocycles. The zero-order chi connectivity index (χ0) is 16.3. The summed E-state index contributed by atoms with van der Waals surface area (Å²) in [6.07, 6.45) is 19.1. The van der Waals surface area contributed by atoms with Gasteiger partial charge in [-0.05, 0) is 39.5 Å². The van der Waals surface area contributed by atoms with Crippen LogP contribution >= 0.6 is 0 Å². The molecule has 2 nitrogen and oxygen atoms in total. The van der Waals surface area contributed by atoms with Crippen LogP contribution in [-0.2, 0) is 9.47 Å². The number of hydrogen-bond acceptors (Lipinski definition) is 2. The van der Waals surface area contributed by atoms with Gasteiger partial charge < -0.3 is 9.47 Å². The third-order valence-electron chi connectivity index (χ3n) is 4.39. The van der Waals surface area contributed by atoms with Gasteiger partial charge in [0, 0.05) is 0 Å². The van der Waals surface area contributed by atoms with Crippen LogP contribution in [0.25, 0.3) is 0 Å². The SMILES string of the molecule is CCCCCCCC=CCC1OC(C)(C)OC1CCCCC.